The van der Waals surface area contributed by atoms with Crippen LogP contribution in [0.3, 0.4) is 0 Å². The van der Waals surface area contributed by atoms with Crippen LogP contribution >= 0.6 is 0 Å². The van der Waals surface area contributed by atoms with Crippen LogP contribution in [0.25, 0.3) is 0 Å². The number of pyridine rings is 1. The van der Waals surface area contributed by atoms with Crippen molar-refractivity contribution in [3.63, 3.8) is 0 Å². The van der Waals surface area contributed by atoms with Gasteiger partial charge in [0.25, 0.3) is 0 Å². The Morgan fingerprint density at radius 1 is 1.10 bits per heavy atom. The lowest BCUT2D eigenvalue weighted by Crippen LogP contribution is -2.36. The fraction of sp³-hybridized carbons (Fsp3) is 0.320. The summed E-state index contributed by atoms with van der Waals surface area (Å²) in [6, 6.07) is 15.8. The molecule has 6 nitrogen and oxygen atoms in total. The summed E-state index contributed by atoms with van der Waals surface area (Å²) in [5.74, 6) is 0.362. The molecule has 160 valence electrons. The number of benzene rings is 1. The summed E-state index contributed by atoms with van der Waals surface area (Å²) in [5.41, 5.74) is 3.31. The Hall–Kier alpha value is -3.41. The third kappa shape index (κ3) is 5.20. The first-order valence-electron chi connectivity index (χ1n) is 10.7. The van der Waals surface area contributed by atoms with Crippen LogP contribution in [0.1, 0.15) is 35.8 Å². The maximum absolute atomic E-state index is 13.5. The lowest BCUT2D eigenvalue weighted by Gasteiger charge is -2.26. The molecule has 0 radical (unpaired) electrons. The molecular formula is C25H27N3O3. The minimum atomic E-state index is -0.353. The zero-order chi connectivity index (χ0) is 21.6. The molecule has 6 heteroatoms. The maximum atomic E-state index is 13.5. The number of carbonyl (C=O) groups excluding carboxylic acids is 2. The average molecular weight is 418 g/mol. The molecule has 0 bridgehead atoms. The van der Waals surface area contributed by atoms with Crippen molar-refractivity contribution in [1.29, 1.82) is 0 Å². The van der Waals surface area contributed by atoms with Crippen LogP contribution in [0.15, 0.2) is 71.6 Å². The molecule has 1 aromatic carbocycles. The molecule has 3 heterocycles. The quantitative estimate of drug-likeness (QED) is 0.559. The van der Waals surface area contributed by atoms with Crippen LogP contribution in [-0.2, 0) is 35.6 Å². The molecule has 0 N–H and O–H groups in total. The first kappa shape index (κ1) is 20.8. The van der Waals surface area contributed by atoms with E-state index in [9.17, 15) is 9.59 Å². The molecule has 1 unspecified atom stereocenters. The number of hydrogen-bond donors (Lipinski definition) is 0. The first-order chi connectivity index (χ1) is 15.1. The van der Waals surface area contributed by atoms with Gasteiger partial charge in [0.15, 0.2) is 0 Å². The molecule has 3 aromatic rings. The predicted octanol–water partition coefficient (Wildman–Crippen LogP) is 3.81. The van der Waals surface area contributed by atoms with Crippen LogP contribution in [0, 0.1) is 5.92 Å². The Balaban J connectivity index is 1.49. The summed E-state index contributed by atoms with van der Waals surface area (Å²) in [7, 11) is 0. The van der Waals surface area contributed by atoms with Gasteiger partial charge in [0.2, 0.25) is 11.8 Å². The molecule has 1 atom stereocenters. The number of hydrogen-bond acceptors (Lipinski definition) is 4. The molecule has 2 aromatic heterocycles. The largest absolute Gasteiger partial charge is 0.467 e. The highest BCUT2D eigenvalue weighted by Crippen LogP contribution is 2.24. The van der Waals surface area contributed by atoms with Gasteiger partial charge in [0, 0.05) is 38.4 Å². The first-order valence-corrected chi connectivity index (χ1v) is 10.7. The van der Waals surface area contributed by atoms with E-state index in [1.54, 1.807) is 29.6 Å². The highest BCUT2D eigenvalue weighted by Gasteiger charge is 2.36. The second-order valence-electron chi connectivity index (χ2n) is 7.98. The summed E-state index contributed by atoms with van der Waals surface area (Å²) in [5, 5.41) is 0. The Labute approximate surface area is 182 Å². The van der Waals surface area contributed by atoms with Gasteiger partial charge in [-0.25, -0.2) is 0 Å². The van der Waals surface area contributed by atoms with Gasteiger partial charge in [-0.05, 0) is 41.3 Å². The van der Waals surface area contributed by atoms with Crippen LogP contribution < -0.4 is 0 Å². The molecule has 1 aliphatic heterocycles. The van der Waals surface area contributed by atoms with Gasteiger partial charge in [0.05, 0.1) is 18.7 Å². The monoisotopic (exact) mass is 417 g/mol. The van der Waals surface area contributed by atoms with E-state index in [0.29, 0.717) is 26.2 Å². The van der Waals surface area contributed by atoms with Gasteiger partial charge in [-0.3, -0.25) is 14.6 Å². The van der Waals surface area contributed by atoms with Crippen molar-refractivity contribution in [2.75, 3.05) is 6.54 Å². The van der Waals surface area contributed by atoms with Crippen molar-refractivity contribution in [3.05, 3.63) is 89.6 Å². The fourth-order valence-corrected chi connectivity index (χ4v) is 3.96. The Kier molecular flexibility index (Phi) is 6.46. The number of furan rings is 1. The number of aryl methyl sites for hydroxylation is 1. The van der Waals surface area contributed by atoms with Gasteiger partial charge in [-0.15, -0.1) is 0 Å². The summed E-state index contributed by atoms with van der Waals surface area (Å²) < 4.78 is 5.37. The highest BCUT2D eigenvalue weighted by molar-refractivity contribution is 5.89. The van der Waals surface area contributed by atoms with Crippen molar-refractivity contribution in [2.24, 2.45) is 5.92 Å². The van der Waals surface area contributed by atoms with Crippen molar-refractivity contribution < 1.29 is 14.0 Å². The molecule has 31 heavy (non-hydrogen) atoms. The van der Waals surface area contributed by atoms with Crippen molar-refractivity contribution >= 4 is 11.8 Å². The normalized spacial score (nSPS) is 16.0. The second-order valence-corrected chi connectivity index (χ2v) is 7.98. The van der Waals surface area contributed by atoms with Crippen molar-refractivity contribution in [1.82, 2.24) is 14.8 Å². The molecule has 2 amide bonds. The van der Waals surface area contributed by atoms with E-state index in [0.717, 1.165) is 23.3 Å². The number of nitrogens with zero attached hydrogens (tertiary/aromatic N) is 3. The van der Waals surface area contributed by atoms with E-state index in [1.807, 2.05) is 23.1 Å². The van der Waals surface area contributed by atoms with Gasteiger partial charge < -0.3 is 14.2 Å². The maximum Gasteiger partial charge on any atom is 0.228 e. The molecule has 1 fully saturated rings. The van der Waals surface area contributed by atoms with Crippen LogP contribution in [0.2, 0.25) is 0 Å². The van der Waals surface area contributed by atoms with Crippen LogP contribution in [0.5, 0.6) is 0 Å². The van der Waals surface area contributed by atoms with Gasteiger partial charge >= 0.3 is 0 Å². The molecule has 4 rings (SSSR count). The minimum Gasteiger partial charge on any atom is -0.467 e. The van der Waals surface area contributed by atoms with Crippen molar-refractivity contribution in [2.45, 2.75) is 39.4 Å². The molecule has 0 saturated carbocycles. The lowest BCUT2D eigenvalue weighted by atomic mass is 10.0. The molecule has 0 spiro atoms. The van der Waals surface area contributed by atoms with Crippen LogP contribution in [0.4, 0.5) is 0 Å². The summed E-state index contributed by atoms with van der Waals surface area (Å²) >= 11 is 0. The highest BCUT2D eigenvalue weighted by atomic mass is 16.3. The molecular weight excluding hydrogens is 390 g/mol. The number of aromatic nitrogens is 1. The summed E-state index contributed by atoms with van der Waals surface area (Å²) in [4.78, 5) is 33.7. The number of amides is 2. The SMILES string of the molecule is CCc1ccc(CN(Cc2cccnc2)C(=O)C2CC(=O)N(Cc3ccco3)C2)cc1. The van der Waals surface area contributed by atoms with Crippen LogP contribution in [-0.4, -0.2) is 33.1 Å². The lowest BCUT2D eigenvalue weighted by molar-refractivity contribution is -0.137. The molecule has 1 saturated heterocycles. The van der Waals surface area contributed by atoms with E-state index < -0.39 is 0 Å². The van der Waals surface area contributed by atoms with E-state index in [4.69, 9.17) is 4.42 Å². The number of carbonyl (C=O) groups is 2. The second kappa shape index (κ2) is 9.60. The predicted molar refractivity (Wildman–Crippen MR) is 117 cm³/mol. The zero-order valence-electron chi connectivity index (χ0n) is 17.7. The van der Waals surface area contributed by atoms with Gasteiger partial charge in [-0.1, -0.05) is 37.3 Å². The smallest absolute Gasteiger partial charge is 0.228 e. The summed E-state index contributed by atoms with van der Waals surface area (Å²) in [6.07, 6.45) is 6.31. The average Bonchev–Trinajstić information content (AvgIpc) is 3.44. The standard InChI is InChI=1S/C25H27N3O3/c1-2-19-7-9-20(10-8-19)15-28(16-21-5-3-11-26-14-21)25(30)22-13-24(29)27(17-22)18-23-6-4-12-31-23/h3-12,14,22H,2,13,15-18H2,1H3. The third-order valence-corrected chi connectivity index (χ3v) is 5.70. The fourth-order valence-electron chi connectivity index (χ4n) is 3.96. The Morgan fingerprint density at radius 2 is 1.87 bits per heavy atom. The van der Waals surface area contributed by atoms with E-state index in [2.05, 4.69) is 36.2 Å². The number of rotatable bonds is 8. The third-order valence-electron chi connectivity index (χ3n) is 5.70. The molecule has 0 aliphatic carbocycles. The van der Waals surface area contributed by atoms with Gasteiger partial charge in [-0.2, -0.15) is 0 Å². The topological polar surface area (TPSA) is 66.7 Å². The Bertz CT molecular complexity index is 1000. The molecule has 1 aliphatic rings. The Morgan fingerprint density at radius 3 is 2.55 bits per heavy atom. The van der Waals surface area contributed by atoms with Gasteiger partial charge in [0.1, 0.15) is 5.76 Å². The van der Waals surface area contributed by atoms with E-state index in [1.165, 1.54) is 5.56 Å². The number of likely N-dealkylation sites (tertiary alicyclic amines) is 1. The van der Waals surface area contributed by atoms with E-state index in [-0.39, 0.29) is 24.2 Å². The minimum absolute atomic E-state index is 0.00119. The van der Waals surface area contributed by atoms with Crippen molar-refractivity contribution in [3.8, 4) is 0 Å². The van der Waals surface area contributed by atoms with E-state index >= 15 is 0 Å². The zero-order valence-corrected chi connectivity index (χ0v) is 17.7. The summed E-state index contributed by atoms with van der Waals surface area (Å²) in [6.45, 7) is 3.90.